The standard InChI is InChI=1S/C2H2Cl2N3OP/c3-9(4,8)7-2-5-1-6-7/h1-2H. The SMILES string of the molecule is O=P(Cl)(Cl)n1cncn1. The molecule has 1 rings (SSSR count). The maximum absolute atomic E-state index is 10.7. The molecule has 0 aliphatic heterocycles. The van der Waals surface area contributed by atoms with Gasteiger partial charge in [0.05, 0.1) is 0 Å². The van der Waals surface area contributed by atoms with E-state index in [9.17, 15) is 4.57 Å². The fourth-order valence-electron chi connectivity index (χ4n) is 0.322. The van der Waals surface area contributed by atoms with E-state index in [1.165, 1.54) is 12.7 Å². The van der Waals surface area contributed by atoms with E-state index in [-0.39, 0.29) is 0 Å². The summed E-state index contributed by atoms with van der Waals surface area (Å²) < 4.78 is 11.6. The molecule has 0 fully saturated rings. The van der Waals surface area contributed by atoms with Gasteiger partial charge in [0.1, 0.15) is 12.7 Å². The summed E-state index contributed by atoms with van der Waals surface area (Å²) in [5.74, 6) is -3.28. The molecule has 0 aromatic carbocycles. The molecule has 0 radical (unpaired) electrons. The Hall–Kier alpha value is -0.0500. The van der Waals surface area contributed by atoms with Gasteiger partial charge in [-0.05, 0) is 22.5 Å². The van der Waals surface area contributed by atoms with Gasteiger partial charge in [-0.25, -0.2) is 4.98 Å². The Bertz CT molecular complexity index is 228. The van der Waals surface area contributed by atoms with E-state index in [1.807, 2.05) is 0 Å². The second-order valence-electron chi connectivity index (χ2n) is 1.25. The third-order valence-electron chi connectivity index (χ3n) is 0.645. The lowest BCUT2D eigenvalue weighted by Gasteiger charge is -1.96. The van der Waals surface area contributed by atoms with Crippen molar-refractivity contribution in [2.75, 3.05) is 0 Å². The van der Waals surface area contributed by atoms with Gasteiger partial charge in [0.15, 0.2) is 0 Å². The molecular weight excluding hydrogens is 184 g/mol. The fourth-order valence-corrected chi connectivity index (χ4v) is 1.14. The molecule has 50 valence electrons. The van der Waals surface area contributed by atoms with Gasteiger partial charge in [0.25, 0.3) is 0 Å². The molecule has 0 N–H and O–H groups in total. The van der Waals surface area contributed by atoms with E-state index in [1.54, 1.807) is 0 Å². The molecule has 0 amide bonds. The molecule has 0 bridgehead atoms. The molecule has 1 aromatic rings. The zero-order chi connectivity index (χ0) is 6.91. The molecule has 0 spiro atoms. The molecule has 7 heteroatoms. The Morgan fingerprint density at radius 3 is 2.44 bits per heavy atom. The second-order valence-corrected chi connectivity index (χ2v) is 5.80. The third-order valence-corrected chi connectivity index (χ3v) is 2.26. The highest BCUT2D eigenvalue weighted by atomic mass is 35.9. The van der Waals surface area contributed by atoms with Crippen LogP contribution in [0.15, 0.2) is 12.7 Å². The number of nitrogens with zero attached hydrogens (tertiary/aromatic N) is 3. The lowest BCUT2D eigenvalue weighted by molar-refractivity contribution is 0.583. The molecule has 1 aromatic heterocycles. The van der Waals surface area contributed by atoms with Crippen LogP contribution in [0.25, 0.3) is 0 Å². The van der Waals surface area contributed by atoms with Gasteiger partial charge in [-0.3, -0.25) is 4.57 Å². The molecule has 0 aliphatic carbocycles. The molecule has 0 unspecified atom stereocenters. The van der Waals surface area contributed by atoms with Gasteiger partial charge in [-0.15, -0.1) is 0 Å². The summed E-state index contributed by atoms with van der Waals surface area (Å²) in [5, 5.41) is 3.47. The Morgan fingerprint density at radius 2 is 2.22 bits per heavy atom. The maximum Gasteiger partial charge on any atom is 0.366 e. The summed E-state index contributed by atoms with van der Waals surface area (Å²) in [6.45, 7) is 0. The van der Waals surface area contributed by atoms with Crippen molar-refractivity contribution in [1.29, 1.82) is 0 Å². The largest absolute Gasteiger partial charge is 0.366 e. The van der Waals surface area contributed by atoms with Crippen molar-refractivity contribution in [3.63, 3.8) is 0 Å². The molecule has 1 heterocycles. The topological polar surface area (TPSA) is 47.8 Å². The van der Waals surface area contributed by atoms with Gasteiger partial charge >= 0.3 is 6.00 Å². The van der Waals surface area contributed by atoms with Gasteiger partial charge < -0.3 is 0 Å². The summed E-state index contributed by atoms with van der Waals surface area (Å²) in [7, 11) is 0. The number of hydrogen-bond donors (Lipinski definition) is 0. The van der Waals surface area contributed by atoms with Crippen LogP contribution < -0.4 is 0 Å². The lowest BCUT2D eigenvalue weighted by Crippen LogP contribution is -1.84. The van der Waals surface area contributed by atoms with Crippen molar-refractivity contribution in [1.82, 2.24) is 14.5 Å². The number of aromatic nitrogens is 3. The lowest BCUT2D eigenvalue weighted by atomic mass is 11.3. The minimum Gasteiger partial charge on any atom is -0.262 e. The quantitative estimate of drug-likeness (QED) is 0.627. The van der Waals surface area contributed by atoms with Crippen molar-refractivity contribution in [3.8, 4) is 0 Å². The average molecular weight is 186 g/mol. The minimum absolute atomic E-state index is 0.913. The predicted octanol–water partition coefficient (Wildman–Crippen LogP) is 1.71. The van der Waals surface area contributed by atoms with Crippen LogP contribution >= 0.6 is 28.5 Å². The number of halogens is 2. The van der Waals surface area contributed by atoms with Crippen LogP contribution in [-0.2, 0) is 4.57 Å². The summed E-state index contributed by atoms with van der Waals surface area (Å²) in [5.41, 5.74) is 0. The highest BCUT2D eigenvalue weighted by Crippen LogP contribution is 2.56. The summed E-state index contributed by atoms with van der Waals surface area (Å²) >= 11 is 10.4. The molecule has 4 nitrogen and oxygen atoms in total. The second kappa shape index (κ2) is 2.29. The first-order valence-electron chi connectivity index (χ1n) is 1.95. The Balaban J connectivity index is 3.04. The Morgan fingerprint density at radius 1 is 1.56 bits per heavy atom. The molecule has 0 aliphatic rings. The summed E-state index contributed by atoms with van der Waals surface area (Å²) in [6.07, 6.45) is 2.40. The monoisotopic (exact) mass is 185 g/mol. The van der Waals surface area contributed by atoms with Crippen molar-refractivity contribution < 1.29 is 4.57 Å². The van der Waals surface area contributed by atoms with E-state index in [4.69, 9.17) is 22.5 Å². The molecule has 0 saturated heterocycles. The van der Waals surface area contributed by atoms with Gasteiger partial charge in [-0.2, -0.15) is 9.55 Å². The average Bonchev–Trinajstić information content (AvgIpc) is 2.08. The normalized spacial score (nSPS) is 11.8. The minimum atomic E-state index is -3.28. The van der Waals surface area contributed by atoms with Crippen molar-refractivity contribution >= 4 is 28.5 Å². The van der Waals surface area contributed by atoms with Crippen LogP contribution in [0.5, 0.6) is 0 Å². The summed E-state index contributed by atoms with van der Waals surface area (Å²) in [6, 6.07) is 0. The summed E-state index contributed by atoms with van der Waals surface area (Å²) in [4.78, 5) is 3.50. The Labute approximate surface area is 60.8 Å². The predicted molar refractivity (Wildman–Crippen MR) is 34.7 cm³/mol. The van der Waals surface area contributed by atoms with E-state index in [0.29, 0.717) is 0 Å². The maximum atomic E-state index is 10.7. The van der Waals surface area contributed by atoms with Crippen LogP contribution in [-0.4, -0.2) is 14.5 Å². The highest BCUT2D eigenvalue weighted by molar-refractivity contribution is 8.07. The smallest absolute Gasteiger partial charge is 0.262 e. The first-order chi connectivity index (χ1) is 4.11. The van der Waals surface area contributed by atoms with Gasteiger partial charge in [0, 0.05) is 0 Å². The Kier molecular flexibility index (Phi) is 1.80. The van der Waals surface area contributed by atoms with E-state index in [2.05, 4.69) is 10.1 Å². The first-order valence-corrected chi connectivity index (χ1v) is 5.42. The van der Waals surface area contributed by atoms with Crippen molar-refractivity contribution in [2.24, 2.45) is 0 Å². The van der Waals surface area contributed by atoms with Crippen molar-refractivity contribution in [2.45, 2.75) is 0 Å². The molecule has 9 heavy (non-hydrogen) atoms. The van der Waals surface area contributed by atoms with Crippen LogP contribution in [0, 0.1) is 0 Å². The number of rotatable bonds is 1. The zero-order valence-corrected chi connectivity index (χ0v) is 6.51. The van der Waals surface area contributed by atoms with Gasteiger partial charge in [-0.1, -0.05) is 0 Å². The number of hydrogen-bond acceptors (Lipinski definition) is 3. The van der Waals surface area contributed by atoms with E-state index in [0.717, 1.165) is 4.45 Å². The van der Waals surface area contributed by atoms with Crippen molar-refractivity contribution in [3.05, 3.63) is 12.7 Å². The molecule has 0 atom stereocenters. The van der Waals surface area contributed by atoms with Crippen LogP contribution in [0.3, 0.4) is 0 Å². The van der Waals surface area contributed by atoms with E-state index < -0.39 is 6.00 Å². The molecule has 0 saturated carbocycles. The fraction of sp³-hybridized carbons (Fsp3) is 0. The van der Waals surface area contributed by atoms with E-state index >= 15 is 0 Å². The highest BCUT2D eigenvalue weighted by Gasteiger charge is 2.15. The van der Waals surface area contributed by atoms with Crippen LogP contribution in [0.2, 0.25) is 0 Å². The third kappa shape index (κ3) is 1.68. The zero-order valence-electron chi connectivity index (χ0n) is 4.11. The van der Waals surface area contributed by atoms with Crippen LogP contribution in [0.4, 0.5) is 0 Å². The first kappa shape index (κ1) is 7.06. The molecular formula is C2H2Cl2N3OP. The van der Waals surface area contributed by atoms with Crippen LogP contribution in [0.1, 0.15) is 0 Å². The van der Waals surface area contributed by atoms with Gasteiger partial charge in [0.2, 0.25) is 0 Å².